The number of benzene rings is 2. The van der Waals surface area contributed by atoms with Crippen molar-refractivity contribution in [2.24, 2.45) is 0 Å². The summed E-state index contributed by atoms with van der Waals surface area (Å²) >= 11 is 6.23. The number of aromatic nitrogens is 2. The maximum Gasteiger partial charge on any atom is 0.292 e. The Hall–Kier alpha value is -3.71. The van der Waals surface area contributed by atoms with Crippen molar-refractivity contribution in [2.45, 2.75) is 13.2 Å². The highest BCUT2D eigenvalue weighted by Crippen LogP contribution is 2.27. The SMILES string of the molecule is COc1ccccc1OCc1ccc(C(=O)Nc2nn(Cc3ccccc3)cc2Cl)o1. The molecular weight excluding hydrogens is 418 g/mol. The Labute approximate surface area is 184 Å². The standard InChI is InChI=1S/C23H20ClN3O4/c1-29-19-9-5-6-10-20(19)30-15-17-11-12-21(31-17)23(28)25-22-18(24)14-27(26-22)13-16-7-3-2-4-8-16/h2-12,14H,13,15H2,1H3,(H,25,26,28). The number of halogens is 1. The van der Waals surface area contributed by atoms with Crippen LogP contribution < -0.4 is 14.8 Å². The zero-order chi connectivity index (χ0) is 21.6. The monoisotopic (exact) mass is 437 g/mol. The second kappa shape index (κ2) is 9.40. The maximum absolute atomic E-state index is 12.5. The number of nitrogens with zero attached hydrogens (tertiary/aromatic N) is 2. The molecule has 0 saturated heterocycles. The van der Waals surface area contributed by atoms with Crippen LogP contribution in [0.15, 0.2) is 77.3 Å². The second-order valence-corrected chi connectivity index (χ2v) is 7.08. The van der Waals surface area contributed by atoms with Gasteiger partial charge in [0, 0.05) is 6.20 Å². The van der Waals surface area contributed by atoms with E-state index in [1.54, 1.807) is 42.3 Å². The van der Waals surface area contributed by atoms with Gasteiger partial charge in [-0.15, -0.1) is 0 Å². The van der Waals surface area contributed by atoms with E-state index in [4.69, 9.17) is 25.5 Å². The average molecular weight is 438 g/mol. The molecule has 0 aliphatic heterocycles. The molecule has 0 spiro atoms. The third-order valence-electron chi connectivity index (χ3n) is 4.46. The molecule has 0 atom stereocenters. The van der Waals surface area contributed by atoms with E-state index in [1.165, 1.54) is 0 Å². The Kier molecular flexibility index (Phi) is 6.24. The van der Waals surface area contributed by atoms with Gasteiger partial charge in [-0.2, -0.15) is 5.10 Å². The molecule has 31 heavy (non-hydrogen) atoms. The van der Waals surface area contributed by atoms with E-state index in [-0.39, 0.29) is 18.2 Å². The summed E-state index contributed by atoms with van der Waals surface area (Å²) < 4.78 is 18.2. The Morgan fingerprint density at radius 2 is 1.81 bits per heavy atom. The van der Waals surface area contributed by atoms with Gasteiger partial charge in [-0.25, -0.2) is 0 Å². The van der Waals surface area contributed by atoms with Crippen LogP contribution in [-0.2, 0) is 13.2 Å². The molecule has 2 aromatic heterocycles. The highest BCUT2D eigenvalue weighted by Gasteiger charge is 2.16. The zero-order valence-corrected chi connectivity index (χ0v) is 17.5. The minimum Gasteiger partial charge on any atom is -0.493 e. The summed E-state index contributed by atoms with van der Waals surface area (Å²) in [6, 6.07) is 20.4. The third kappa shape index (κ3) is 5.07. The van der Waals surface area contributed by atoms with Crippen LogP contribution in [0, 0.1) is 0 Å². The van der Waals surface area contributed by atoms with Gasteiger partial charge in [-0.1, -0.05) is 54.1 Å². The summed E-state index contributed by atoms with van der Waals surface area (Å²) in [5, 5.41) is 7.37. The van der Waals surface area contributed by atoms with Gasteiger partial charge in [-0.05, 0) is 29.8 Å². The van der Waals surface area contributed by atoms with Crippen molar-refractivity contribution >= 4 is 23.3 Å². The van der Waals surface area contributed by atoms with Crippen LogP contribution in [0.25, 0.3) is 0 Å². The van der Waals surface area contributed by atoms with E-state index >= 15 is 0 Å². The number of amides is 1. The van der Waals surface area contributed by atoms with Crippen molar-refractivity contribution in [3.63, 3.8) is 0 Å². The van der Waals surface area contributed by atoms with Crippen molar-refractivity contribution in [3.8, 4) is 11.5 Å². The number of nitrogens with one attached hydrogen (secondary N) is 1. The fraction of sp³-hybridized carbons (Fsp3) is 0.130. The van der Waals surface area contributed by atoms with Crippen LogP contribution in [0.5, 0.6) is 11.5 Å². The summed E-state index contributed by atoms with van der Waals surface area (Å²) in [7, 11) is 1.57. The lowest BCUT2D eigenvalue weighted by Gasteiger charge is -2.08. The number of carbonyl (C=O) groups excluding carboxylic acids is 1. The van der Waals surface area contributed by atoms with Crippen molar-refractivity contribution in [1.29, 1.82) is 0 Å². The Morgan fingerprint density at radius 3 is 2.58 bits per heavy atom. The van der Waals surface area contributed by atoms with Crippen molar-refractivity contribution < 1.29 is 18.7 Å². The minimum absolute atomic E-state index is 0.132. The fourth-order valence-electron chi connectivity index (χ4n) is 2.97. The number of para-hydroxylation sites is 2. The molecule has 0 fully saturated rings. The molecular formula is C23H20ClN3O4. The predicted octanol–water partition coefficient (Wildman–Crippen LogP) is 5.02. The number of furan rings is 1. The molecule has 4 rings (SSSR count). The van der Waals surface area contributed by atoms with E-state index in [0.29, 0.717) is 28.8 Å². The third-order valence-corrected chi connectivity index (χ3v) is 4.74. The molecule has 0 unspecified atom stereocenters. The number of anilines is 1. The first-order valence-electron chi connectivity index (χ1n) is 9.55. The predicted molar refractivity (Wildman–Crippen MR) is 117 cm³/mol. The van der Waals surface area contributed by atoms with Crippen LogP contribution in [0.3, 0.4) is 0 Å². The molecule has 4 aromatic rings. The zero-order valence-electron chi connectivity index (χ0n) is 16.7. The van der Waals surface area contributed by atoms with Gasteiger partial charge in [0.25, 0.3) is 5.91 Å². The molecule has 7 nitrogen and oxygen atoms in total. The number of hydrogen-bond donors (Lipinski definition) is 1. The van der Waals surface area contributed by atoms with Gasteiger partial charge < -0.3 is 19.2 Å². The van der Waals surface area contributed by atoms with Gasteiger partial charge in [0.05, 0.1) is 13.7 Å². The number of ether oxygens (including phenoxy) is 2. The Balaban J connectivity index is 1.38. The van der Waals surface area contributed by atoms with Crippen molar-refractivity contribution in [1.82, 2.24) is 9.78 Å². The first-order valence-corrected chi connectivity index (χ1v) is 9.93. The quantitative estimate of drug-likeness (QED) is 0.419. The van der Waals surface area contributed by atoms with Gasteiger partial charge in [0.2, 0.25) is 0 Å². The summed E-state index contributed by atoms with van der Waals surface area (Å²) in [6.07, 6.45) is 1.67. The molecule has 0 aliphatic carbocycles. The largest absolute Gasteiger partial charge is 0.493 e. The normalized spacial score (nSPS) is 10.6. The minimum atomic E-state index is -0.449. The second-order valence-electron chi connectivity index (χ2n) is 6.67. The van der Waals surface area contributed by atoms with E-state index in [0.717, 1.165) is 5.56 Å². The lowest BCUT2D eigenvalue weighted by molar-refractivity contribution is 0.0992. The van der Waals surface area contributed by atoms with Crippen LogP contribution in [0.2, 0.25) is 5.02 Å². The van der Waals surface area contributed by atoms with Gasteiger partial charge in [0.1, 0.15) is 17.4 Å². The molecule has 1 N–H and O–H groups in total. The first kappa shape index (κ1) is 20.6. The van der Waals surface area contributed by atoms with Crippen LogP contribution in [-0.4, -0.2) is 22.8 Å². The fourth-order valence-corrected chi connectivity index (χ4v) is 3.16. The molecule has 0 aliphatic rings. The molecule has 2 heterocycles. The molecule has 1 amide bonds. The van der Waals surface area contributed by atoms with E-state index < -0.39 is 5.91 Å². The molecule has 0 bridgehead atoms. The van der Waals surface area contributed by atoms with Gasteiger partial charge >= 0.3 is 0 Å². The highest BCUT2D eigenvalue weighted by molar-refractivity contribution is 6.33. The molecule has 158 valence electrons. The summed E-state index contributed by atoms with van der Waals surface area (Å²) in [4.78, 5) is 12.5. The highest BCUT2D eigenvalue weighted by atomic mass is 35.5. The van der Waals surface area contributed by atoms with Crippen LogP contribution >= 0.6 is 11.6 Å². The number of rotatable bonds is 8. The average Bonchev–Trinajstić information content (AvgIpc) is 3.40. The lowest BCUT2D eigenvalue weighted by atomic mass is 10.2. The van der Waals surface area contributed by atoms with E-state index in [9.17, 15) is 4.79 Å². The topological polar surface area (TPSA) is 78.5 Å². The van der Waals surface area contributed by atoms with Crippen molar-refractivity contribution in [2.75, 3.05) is 12.4 Å². The summed E-state index contributed by atoms with van der Waals surface area (Å²) in [6.45, 7) is 0.696. The van der Waals surface area contributed by atoms with E-state index in [2.05, 4.69) is 10.4 Å². The number of hydrogen-bond acceptors (Lipinski definition) is 5. The molecule has 0 saturated carbocycles. The van der Waals surface area contributed by atoms with Gasteiger partial charge in [-0.3, -0.25) is 9.48 Å². The van der Waals surface area contributed by atoms with E-state index in [1.807, 2.05) is 42.5 Å². The number of carbonyl (C=O) groups is 1. The Morgan fingerprint density at radius 1 is 1.06 bits per heavy atom. The summed E-state index contributed by atoms with van der Waals surface area (Å²) in [5.41, 5.74) is 1.07. The Bertz CT molecular complexity index is 1170. The van der Waals surface area contributed by atoms with Crippen LogP contribution in [0.4, 0.5) is 5.82 Å². The maximum atomic E-state index is 12.5. The lowest BCUT2D eigenvalue weighted by Crippen LogP contribution is -2.12. The van der Waals surface area contributed by atoms with Crippen LogP contribution in [0.1, 0.15) is 21.9 Å². The number of methoxy groups -OCH3 is 1. The van der Waals surface area contributed by atoms with Crippen molar-refractivity contribution in [3.05, 3.63) is 95.0 Å². The summed E-state index contributed by atoms with van der Waals surface area (Å²) in [5.74, 6) is 1.65. The molecule has 0 radical (unpaired) electrons. The molecule has 2 aromatic carbocycles. The first-order chi connectivity index (χ1) is 15.1. The smallest absolute Gasteiger partial charge is 0.292 e. The molecule has 8 heteroatoms. The van der Waals surface area contributed by atoms with Gasteiger partial charge in [0.15, 0.2) is 23.1 Å².